The average molecular weight is 263 g/mol. The van der Waals surface area contributed by atoms with Crippen LogP contribution < -0.4 is 5.73 Å². The Morgan fingerprint density at radius 2 is 2.22 bits per heavy atom. The van der Waals surface area contributed by atoms with Gasteiger partial charge in [-0.2, -0.15) is 0 Å². The van der Waals surface area contributed by atoms with E-state index >= 15 is 0 Å². The van der Waals surface area contributed by atoms with Gasteiger partial charge in [-0.1, -0.05) is 0 Å². The summed E-state index contributed by atoms with van der Waals surface area (Å²) in [6.45, 7) is 1.98. The Balaban J connectivity index is 2.11. The van der Waals surface area contributed by atoms with Crippen LogP contribution in [-0.4, -0.2) is 11.1 Å². The predicted molar refractivity (Wildman–Crippen MR) is 70.8 cm³/mol. The molecule has 0 aliphatic rings. The van der Waals surface area contributed by atoms with Crippen LogP contribution in [0.2, 0.25) is 0 Å². The highest BCUT2D eigenvalue weighted by Crippen LogP contribution is 2.28. The van der Waals surface area contributed by atoms with Crippen molar-refractivity contribution in [2.45, 2.75) is 17.6 Å². The number of carbonyl (C=O) groups is 1. The summed E-state index contributed by atoms with van der Waals surface area (Å²) in [7, 11) is 0. The zero-order chi connectivity index (χ0) is 13.1. The van der Waals surface area contributed by atoms with Gasteiger partial charge < -0.3 is 15.3 Å². The van der Waals surface area contributed by atoms with Crippen LogP contribution in [0.1, 0.15) is 21.7 Å². The topological polar surface area (TPSA) is 76.5 Å². The second-order valence-electron chi connectivity index (χ2n) is 3.89. The van der Waals surface area contributed by atoms with E-state index in [0.29, 0.717) is 11.3 Å². The van der Waals surface area contributed by atoms with Crippen LogP contribution in [0, 0.1) is 6.92 Å². The second kappa shape index (κ2) is 5.18. The van der Waals surface area contributed by atoms with Crippen LogP contribution in [-0.2, 0) is 5.75 Å². The number of anilines is 1. The van der Waals surface area contributed by atoms with Gasteiger partial charge in [0.2, 0.25) is 5.76 Å². The summed E-state index contributed by atoms with van der Waals surface area (Å²) in [5.41, 5.74) is 8.18. The molecule has 0 saturated heterocycles. The molecule has 0 spiro atoms. The van der Waals surface area contributed by atoms with Crippen LogP contribution in [0.4, 0.5) is 5.69 Å². The smallest absolute Gasteiger partial charge is 0.372 e. The number of nitrogens with two attached hydrogens (primary N) is 1. The van der Waals surface area contributed by atoms with E-state index in [0.717, 1.165) is 16.1 Å². The lowest BCUT2D eigenvalue weighted by Gasteiger charge is -2.05. The number of furan rings is 1. The van der Waals surface area contributed by atoms with E-state index in [2.05, 4.69) is 0 Å². The van der Waals surface area contributed by atoms with Crippen molar-refractivity contribution in [2.75, 3.05) is 5.73 Å². The number of nitrogen functional groups attached to an aromatic ring is 1. The lowest BCUT2D eigenvalue weighted by atomic mass is 10.2. The zero-order valence-electron chi connectivity index (χ0n) is 9.84. The first-order chi connectivity index (χ1) is 8.58. The van der Waals surface area contributed by atoms with E-state index in [1.165, 1.54) is 6.26 Å². The fourth-order valence-electron chi connectivity index (χ4n) is 1.63. The molecule has 3 N–H and O–H groups in total. The number of aryl methyl sites for hydroxylation is 1. The van der Waals surface area contributed by atoms with Crippen molar-refractivity contribution in [3.63, 3.8) is 0 Å². The quantitative estimate of drug-likeness (QED) is 0.654. The molecule has 4 nitrogen and oxygen atoms in total. The monoisotopic (exact) mass is 263 g/mol. The van der Waals surface area contributed by atoms with Gasteiger partial charge in [-0.25, -0.2) is 4.79 Å². The molecular weight excluding hydrogens is 250 g/mol. The van der Waals surface area contributed by atoms with Crippen LogP contribution in [0.5, 0.6) is 0 Å². The molecule has 94 valence electrons. The number of benzene rings is 1. The molecule has 0 saturated carbocycles. The van der Waals surface area contributed by atoms with Crippen LogP contribution in [0.15, 0.2) is 39.8 Å². The van der Waals surface area contributed by atoms with Gasteiger partial charge in [0.15, 0.2) is 0 Å². The highest BCUT2D eigenvalue weighted by atomic mass is 32.2. The number of hydrogen-bond acceptors (Lipinski definition) is 4. The molecule has 0 aliphatic carbocycles. The molecular formula is C13H13NO3S. The standard InChI is InChI=1S/C13H13NO3S/c1-8-6-10(14)2-3-11(8)18-7-9-4-5-17-12(9)13(15)16/h2-6H,7,14H2,1H3,(H,15,16). The minimum atomic E-state index is -1.04. The van der Waals surface area contributed by atoms with Crippen LogP contribution >= 0.6 is 11.8 Å². The van der Waals surface area contributed by atoms with Crippen molar-refractivity contribution >= 4 is 23.4 Å². The molecule has 1 aromatic heterocycles. The van der Waals surface area contributed by atoms with E-state index in [1.807, 2.05) is 25.1 Å². The Labute approximate surface area is 109 Å². The zero-order valence-corrected chi connectivity index (χ0v) is 10.7. The number of carboxylic acid groups (broad SMARTS) is 1. The Hall–Kier alpha value is -1.88. The maximum atomic E-state index is 10.9. The van der Waals surface area contributed by atoms with Gasteiger partial charge in [-0.15, -0.1) is 11.8 Å². The number of thioether (sulfide) groups is 1. The first-order valence-electron chi connectivity index (χ1n) is 5.36. The van der Waals surface area contributed by atoms with Gasteiger partial charge in [0.05, 0.1) is 6.26 Å². The Morgan fingerprint density at radius 1 is 1.44 bits per heavy atom. The molecule has 0 unspecified atom stereocenters. The van der Waals surface area contributed by atoms with E-state index < -0.39 is 5.97 Å². The number of hydrogen-bond donors (Lipinski definition) is 2. The molecule has 0 atom stereocenters. The van der Waals surface area contributed by atoms with Gasteiger partial charge in [-0.05, 0) is 36.8 Å². The fraction of sp³-hybridized carbons (Fsp3) is 0.154. The van der Waals surface area contributed by atoms with Crippen molar-refractivity contribution < 1.29 is 14.3 Å². The van der Waals surface area contributed by atoms with E-state index in [-0.39, 0.29) is 5.76 Å². The molecule has 1 heterocycles. The molecule has 2 rings (SSSR count). The summed E-state index contributed by atoms with van der Waals surface area (Å²) >= 11 is 1.57. The normalized spacial score (nSPS) is 10.5. The summed E-state index contributed by atoms with van der Waals surface area (Å²) in [6.07, 6.45) is 1.40. The lowest BCUT2D eigenvalue weighted by Crippen LogP contribution is -1.97. The molecule has 0 amide bonds. The fourth-order valence-corrected chi connectivity index (χ4v) is 2.62. The van der Waals surface area contributed by atoms with E-state index in [9.17, 15) is 4.79 Å². The number of rotatable bonds is 4. The van der Waals surface area contributed by atoms with Gasteiger partial charge in [-0.3, -0.25) is 0 Å². The average Bonchev–Trinajstić information content (AvgIpc) is 2.76. The van der Waals surface area contributed by atoms with E-state index in [1.54, 1.807) is 17.8 Å². The molecule has 0 fully saturated rings. The Bertz CT molecular complexity index is 577. The highest BCUT2D eigenvalue weighted by Gasteiger charge is 2.14. The van der Waals surface area contributed by atoms with Gasteiger partial charge in [0.1, 0.15) is 0 Å². The SMILES string of the molecule is Cc1cc(N)ccc1SCc1ccoc1C(=O)O. The third-order valence-corrected chi connectivity index (χ3v) is 3.75. The second-order valence-corrected chi connectivity index (χ2v) is 4.91. The summed E-state index contributed by atoms with van der Waals surface area (Å²) in [6, 6.07) is 7.36. The third-order valence-electron chi connectivity index (χ3n) is 2.52. The molecule has 2 aromatic rings. The summed E-state index contributed by atoms with van der Waals surface area (Å²) in [5.74, 6) is -0.469. The molecule has 18 heavy (non-hydrogen) atoms. The summed E-state index contributed by atoms with van der Waals surface area (Å²) in [5, 5.41) is 8.92. The highest BCUT2D eigenvalue weighted by molar-refractivity contribution is 7.98. The molecule has 5 heteroatoms. The number of carboxylic acids is 1. The third kappa shape index (κ3) is 2.68. The summed E-state index contributed by atoms with van der Waals surface area (Å²) in [4.78, 5) is 12.0. The van der Waals surface area contributed by atoms with Gasteiger partial charge in [0, 0.05) is 21.9 Å². The van der Waals surface area contributed by atoms with Crippen molar-refractivity contribution in [3.8, 4) is 0 Å². The molecule has 0 aliphatic heterocycles. The first-order valence-corrected chi connectivity index (χ1v) is 6.35. The minimum Gasteiger partial charge on any atom is -0.475 e. The Kier molecular flexibility index (Phi) is 3.62. The van der Waals surface area contributed by atoms with Crippen molar-refractivity contribution in [2.24, 2.45) is 0 Å². The maximum Gasteiger partial charge on any atom is 0.372 e. The van der Waals surface area contributed by atoms with E-state index in [4.69, 9.17) is 15.3 Å². The minimum absolute atomic E-state index is 0.00981. The van der Waals surface area contributed by atoms with Crippen LogP contribution in [0.25, 0.3) is 0 Å². The maximum absolute atomic E-state index is 10.9. The Morgan fingerprint density at radius 3 is 2.89 bits per heavy atom. The van der Waals surface area contributed by atoms with Crippen molar-refractivity contribution in [1.29, 1.82) is 0 Å². The predicted octanol–water partition coefficient (Wildman–Crippen LogP) is 3.16. The van der Waals surface area contributed by atoms with Crippen LogP contribution in [0.3, 0.4) is 0 Å². The molecule has 1 aromatic carbocycles. The van der Waals surface area contributed by atoms with Gasteiger partial charge in [0.25, 0.3) is 0 Å². The summed E-state index contributed by atoms with van der Waals surface area (Å²) < 4.78 is 4.93. The molecule has 0 bridgehead atoms. The number of aromatic carboxylic acids is 1. The van der Waals surface area contributed by atoms with Crippen molar-refractivity contribution in [1.82, 2.24) is 0 Å². The first kappa shape index (κ1) is 12.6. The van der Waals surface area contributed by atoms with Gasteiger partial charge >= 0.3 is 5.97 Å². The lowest BCUT2D eigenvalue weighted by molar-refractivity contribution is 0.0661. The largest absolute Gasteiger partial charge is 0.475 e. The van der Waals surface area contributed by atoms with Crippen molar-refractivity contribution in [3.05, 3.63) is 47.4 Å². The molecule has 0 radical (unpaired) electrons.